The van der Waals surface area contributed by atoms with Crippen LogP contribution in [0.3, 0.4) is 0 Å². The molecule has 4 rings (SSSR count). The van der Waals surface area contributed by atoms with E-state index in [1.165, 1.54) is 43.9 Å². The van der Waals surface area contributed by atoms with E-state index in [1.54, 1.807) is 7.05 Å². The van der Waals surface area contributed by atoms with Crippen LogP contribution < -0.4 is 5.32 Å². The summed E-state index contributed by atoms with van der Waals surface area (Å²) in [6, 6.07) is 4.18. The standard InChI is InChI=1S/C19H25F2N3.HI/c1-22-19(24-10-12-5-2-3-6-13(12)11-24)23-17-9-14(17)18-15(20)7-4-8-16(18)21;/h4,7-8,12-14,17H,2-3,5-6,9-11H2,1H3,(H,22,23);1H. The van der Waals surface area contributed by atoms with Gasteiger partial charge in [0.05, 0.1) is 0 Å². The summed E-state index contributed by atoms with van der Waals surface area (Å²) in [5, 5.41) is 3.44. The zero-order valence-corrected chi connectivity index (χ0v) is 16.9. The molecule has 1 aromatic carbocycles. The van der Waals surface area contributed by atoms with Crippen LogP contribution >= 0.6 is 24.0 Å². The van der Waals surface area contributed by atoms with Crippen LogP contribution in [0.2, 0.25) is 0 Å². The van der Waals surface area contributed by atoms with Gasteiger partial charge in [0.15, 0.2) is 5.96 Å². The molecule has 1 aromatic rings. The number of hydrogen-bond donors (Lipinski definition) is 1. The Labute approximate surface area is 165 Å². The lowest BCUT2D eigenvalue weighted by Crippen LogP contribution is -2.41. The monoisotopic (exact) mass is 461 g/mol. The molecule has 0 spiro atoms. The van der Waals surface area contributed by atoms with Crippen molar-refractivity contribution in [3.05, 3.63) is 35.4 Å². The highest BCUT2D eigenvalue weighted by Gasteiger charge is 2.44. The Balaban J connectivity index is 0.00000182. The molecule has 4 atom stereocenters. The summed E-state index contributed by atoms with van der Waals surface area (Å²) in [5.41, 5.74) is 0.223. The molecule has 1 aliphatic heterocycles. The second-order valence-electron chi connectivity index (χ2n) is 7.49. The topological polar surface area (TPSA) is 27.6 Å². The zero-order chi connectivity index (χ0) is 16.7. The van der Waals surface area contributed by atoms with Gasteiger partial charge in [-0.15, -0.1) is 24.0 Å². The SMILES string of the molecule is CN=C(NC1CC1c1c(F)cccc1F)N1CC2CCCCC2C1.I. The number of nitrogens with one attached hydrogen (secondary N) is 1. The number of aliphatic imine (C=N–C) groups is 1. The van der Waals surface area contributed by atoms with E-state index in [4.69, 9.17) is 0 Å². The summed E-state index contributed by atoms with van der Waals surface area (Å²) < 4.78 is 27.9. The van der Waals surface area contributed by atoms with E-state index < -0.39 is 11.6 Å². The van der Waals surface area contributed by atoms with Crippen molar-refractivity contribution in [1.29, 1.82) is 0 Å². The predicted molar refractivity (Wildman–Crippen MR) is 106 cm³/mol. The van der Waals surface area contributed by atoms with Crippen molar-refractivity contribution in [2.45, 2.75) is 44.1 Å². The highest BCUT2D eigenvalue weighted by molar-refractivity contribution is 14.0. The van der Waals surface area contributed by atoms with Crippen molar-refractivity contribution < 1.29 is 8.78 Å². The third-order valence-corrected chi connectivity index (χ3v) is 5.96. The lowest BCUT2D eigenvalue weighted by molar-refractivity contribution is 0.299. The zero-order valence-electron chi connectivity index (χ0n) is 14.5. The molecule has 138 valence electrons. The number of halogens is 3. The van der Waals surface area contributed by atoms with Gasteiger partial charge in [-0.2, -0.15) is 0 Å². The average Bonchev–Trinajstić information content (AvgIpc) is 3.18. The predicted octanol–water partition coefficient (Wildman–Crippen LogP) is 4.14. The highest BCUT2D eigenvalue weighted by Crippen LogP contribution is 2.43. The van der Waals surface area contributed by atoms with E-state index in [1.807, 2.05) is 0 Å². The van der Waals surface area contributed by atoms with Gasteiger partial charge in [0.1, 0.15) is 11.6 Å². The maximum Gasteiger partial charge on any atom is 0.193 e. The van der Waals surface area contributed by atoms with Crippen LogP contribution in [0.1, 0.15) is 43.6 Å². The normalized spacial score (nSPS) is 31.3. The number of benzene rings is 1. The Kier molecular flexibility index (Phi) is 5.85. The van der Waals surface area contributed by atoms with E-state index in [-0.39, 0.29) is 41.5 Å². The van der Waals surface area contributed by atoms with Gasteiger partial charge < -0.3 is 10.2 Å². The summed E-state index contributed by atoms with van der Waals surface area (Å²) in [6.45, 7) is 2.13. The van der Waals surface area contributed by atoms with Gasteiger partial charge in [-0.3, -0.25) is 4.99 Å². The van der Waals surface area contributed by atoms with Crippen LogP contribution in [0.25, 0.3) is 0 Å². The lowest BCUT2D eigenvalue weighted by atomic mass is 9.82. The van der Waals surface area contributed by atoms with Gasteiger partial charge in [-0.25, -0.2) is 8.78 Å². The first-order valence-corrected chi connectivity index (χ1v) is 9.09. The molecule has 25 heavy (non-hydrogen) atoms. The van der Waals surface area contributed by atoms with Crippen LogP contribution in [0, 0.1) is 23.5 Å². The number of guanidine groups is 1. The van der Waals surface area contributed by atoms with Gasteiger partial charge in [0.25, 0.3) is 0 Å². The number of fused-ring (bicyclic) bond motifs is 1. The van der Waals surface area contributed by atoms with Crippen LogP contribution in [-0.4, -0.2) is 37.0 Å². The first-order chi connectivity index (χ1) is 11.7. The smallest absolute Gasteiger partial charge is 0.193 e. The molecule has 2 saturated carbocycles. The van der Waals surface area contributed by atoms with Gasteiger partial charge in [0.2, 0.25) is 0 Å². The fraction of sp³-hybridized carbons (Fsp3) is 0.632. The van der Waals surface area contributed by atoms with Crippen LogP contribution in [0.4, 0.5) is 8.78 Å². The molecule has 3 nitrogen and oxygen atoms in total. The first kappa shape index (κ1) is 18.9. The van der Waals surface area contributed by atoms with Crippen molar-refractivity contribution in [3.63, 3.8) is 0 Å². The molecular weight excluding hydrogens is 435 g/mol. The van der Waals surface area contributed by atoms with Gasteiger partial charge >= 0.3 is 0 Å². The highest BCUT2D eigenvalue weighted by atomic mass is 127. The Morgan fingerprint density at radius 3 is 2.28 bits per heavy atom. The Morgan fingerprint density at radius 2 is 1.72 bits per heavy atom. The third-order valence-electron chi connectivity index (χ3n) is 5.96. The molecule has 1 saturated heterocycles. The Hall–Kier alpha value is -0.920. The molecule has 0 bridgehead atoms. The van der Waals surface area contributed by atoms with Crippen LogP contribution in [0.5, 0.6) is 0 Å². The molecule has 4 unspecified atom stereocenters. The summed E-state index contributed by atoms with van der Waals surface area (Å²) in [7, 11) is 1.80. The van der Waals surface area contributed by atoms with Gasteiger partial charge in [-0.1, -0.05) is 18.9 Å². The molecule has 3 fully saturated rings. The van der Waals surface area contributed by atoms with Crippen LogP contribution in [0.15, 0.2) is 23.2 Å². The lowest BCUT2D eigenvalue weighted by Gasteiger charge is -2.22. The van der Waals surface area contributed by atoms with Crippen molar-refractivity contribution in [1.82, 2.24) is 10.2 Å². The maximum atomic E-state index is 13.9. The third kappa shape index (κ3) is 3.78. The Bertz CT molecular complexity index is 617. The average molecular weight is 461 g/mol. The minimum Gasteiger partial charge on any atom is -0.353 e. The fourth-order valence-corrected chi connectivity index (χ4v) is 4.58. The first-order valence-electron chi connectivity index (χ1n) is 9.09. The molecule has 1 heterocycles. The fourth-order valence-electron chi connectivity index (χ4n) is 4.58. The summed E-state index contributed by atoms with van der Waals surface area (Å²) in [6.07, 6.45) is 6.10. The summed E-state index contributed by atoms with van der Waals surface area (Å²) in [5.74, 6) is 1.51. The maximum absolute atomic E-state index is 13.9. The van der Waals surface area contributed by atoms with Gasteiger partial charge in [-0.05, 0) is 43.2 Å². The minimum absolute atomic E-state index is 0. The Morgan fingerprint density at radius 1 is 1.12 bits per heavy atom. The van der Waals surface area contributed by atoms with E-state index >= 15 is 0 Å². The molecule has 3 aliphatic rings. The molecule has 6 heteroatoms. The molecular formula is C19H26F2IN3. The second kappa shape index (κ2) is 7.76. The van der Waals surface area contributed by atoms with E-state index in [9.17, 15) is 8.78 Å². The van der Waals surface area contributed by atoms with Crippen molar-refractivity contribution in [2.75, 3.05) is 20.1 Å². The molecule has 1 N–H and O–H groups in total. The summed E-state index contributed by atoms with van der Waals surface area (Å²) in [4.78, 5) is 6.77. The minimum atomic E-state index is -0.438. The molecule has 0 aromatic heterocycles. The van der Waals surface area contributed by atoms with E-state index in [2.05, 4.69) is 15.2 Å². The largest absolute Gasteiger partial charge is 0.353 e. The van der Waals surface area contributed by atoms with E-state index in [0.29, 0.717) is 0 Å². The quantitative estimate of drug-likeness (QED) is 0.408. The second-order valence-corrected chi connectivity index (χ2v) is 7.49. The summed E-state index contributed by atoms with van der Waals surface area (Å²) >= 11 is 0. The van der Waals surface area contributed by atoms with Crippen LogP contribution in [-0.2, 0) is 0 Å². The molecule has 0 amide bonds. The van der Waals surface area contributed by atoms with Crippen molar-refractivity contribution in [3.8, 4) is 0 Å². The number of nitrogens with zero attached hydrogens (tertiary/aromatic N) is 2. The molecule has 2 aliphatic carbocycles. The number of rotatable bonds is 2. The van der Waals surface area contributed by atoms with Gasteiger partial charge in [0, 0.05) is 37.7 Å². The van der Waals surface area contributed by atoms with Crippen molar-refractivity contribution in [2.24, 2.45) is 16.8 Å². The van der Waals surface area contributed by atoms with Crippen molar-refractivity contribution >= 4 is 29.9 Å². The molecule has 0 radical (unpaired) electrons. The van der Waals surface area contributed by atoms with E-state index in [0.717, 1.165) is 37.3 Å². The number of likely N-dealkylation sites (tertiary alicyclic amines) is 1. The number of hydrogen-bond acceptors (Lipinski definition) is 1.